The van der Waals surface area contributed by atoms with Gasteiger partial charge in [0, 0.05) is 28.1 Å². The van der Waals surface area contributed by atoms with Gasteiger partial charge < -0.3 is 9.47 Å². The molecular weight excluding hydrogens is 511 g/mol. The highest BCUT2D eigenvalue weighted by atomic mass is 127. The second kappa shape index (κ2) is 9.23. The fourth-order valence-corrected chi connectivity index (χ4v) is 4.48. The van der Waals surface area contributed by atoms with Gasteiger partial charge in [0.1, 0.15) is 6.61 Å². The molecule has 0 saturated heterocycles. The molecule has 0 saturated carbocycles. The molecule has 0 atom stereocenters. The number of halogens is 2. The first kappa shape index (κ1) is 20.9. The van der Waals surface area contributed by atoms with E-state index in [1.807, 2.05) is 73.7 Å². The standard InChI is InChI=1S/C25H20ClIO3/c1-2-29-23-13-16(11-19-14-17-7-3-5-9-20(17)24(19)28)12-22(27)25(23)30-15-18-8-4-6-10-21(18)26/h3-13H,2,14-15H2,1H3/b19-11+. The molecule has 0 aliphatic heterocycles. The lowest BCUT2D eigenvalue weighted by Gasteiger charge is -2.15. The van der Waals surface area contributed by atoms with E-state index in [0.29, 0.717) is 36.2 Å². The van der Waals surface area contributed by atoms with Gasteiger partial charge in [0.25, 0.3) is 0 Å². The number of Topliss-reactive ketones (excluding diaryl/α,β-unsaturated/α-hetero) is 1. The minimum absolute atomic E-state index is 0.0950. The van der Waals surface area contributed by atoms with Crippen LogP contribution in [0, 0.1) is 3.57 Å². The van der Waals surface area contributed by atoms with Gasteiger partial charge in [-0.1, -0.05) is 54.1 Å². The van der Waals surface area contributed by atoms with Gasteiger partial charge in [-0.3, -0.25) is 4.79 Å². The molecule has 1 aliphatic carbocycles. The van der Waals surface area contributed by atoms with E-state index in [0.717, 1.165) is 31.4 Å². The summed E-state index contributed by atoms with van der Waals surface area (Å²) in [6, 6.07) is 19.3. The maximum absolute atomic E-state index is 12.7. The zero-order chi connectivity index (χ0) is 21.1. The molecule has 30 heavy (non-hydrogen) atoms. The van der Waals surface area contributed by atoms with E-state index in [4.69, 9.17) is 21.1 Å². The molecule has 0 unspecified atom stereocenters. The van der Waals surface area contributed by atoms with E-state index in [1.165, 1.54) is 0 Å². The maximum Gasteiger partial charge on any atom is 0.189 e. The van der Waals surface area contributed by atoms with Gasteiger partial charge in [0.15, 0.2) is 17.3 Å². The van der Waals surface area contributed by atoms with Gasteiger partial charge in [0.2, 0.25) is 0 Å². The molecule has 5 heteroatoms. The van der Waals surface area contributed by atoms with Crippen LogP contribution in [-0.4, -0.2) is 12.4 Å². The average Bonchev–Trinajstić information content (AvgIpc) is 3.04. The summed E-state index contributed by atoms with van der Waals surface area (Å²) in [5.41, 5.74) is 4.50. The van der Waals surface area contributed by atoms with Crippen LogP contribution < -0.4 is 9.47 Å². The quantitative estimate of drug-likeness (QED) is 0.261. The Hall–Kier alpha value is -2.31. The summed E-state index contributed by atoms with van der Waals surface area (Å²) in [4.78, 5) is 12.7. The minimum atomic E-state index is 0.0950. The topological polar surface area (TPSA) is 35.5 Å². The van der Waals surface area contributed by atoms with Crippen molar-refractivity contribution < 1.29 is 14.3 Å². The lowest BCUT2D eigenvalue weighted by molar-refractivity contribution is 0.104. The lowest BCUT2D eigenvalue weighted by atomic mass is 10.1. The van der Waals surface area contributed by atoms with Crippen molar-refractivity contribution in [1.29, 1.82) is 0 Å². The smallest absolute Gasteiger partial charge is 0.189 e. The number of ether oxygens (including phenoxy) is 2. The summed E-state index contributed by atoms with van der Waals surface area (Å²) < 4.78 is 12.8. The summed E-state index contributed by atoms with van der Waals surface area (Å²) in [6.45, 7) is 2.81. The molecule has 0 N–H and O–H groups in total. The highest BCUT2D eigenvalue weighted by Crippen LogP contribution is 2.37. The number of carbonyl (C=O) groups is 1. The first-order chi connectivity index (χ1) is 14.6. The van der Waals surface area contributed by atoms with E-state index in [-0.39, 0.29) is 5.78 Å². The Bertz CT molecular complexity index is 1140. The zero-order valence-electron chi connectivity index (χ0n) is 16.5. The largest absolute Gasteiger partial charge is 0.490 e. The summed E-state index contributed by atoms with van der Waals surface area (Å²) in [5.74, 6) is 1.43. The van der Waals surface area contributed by atoms with Crippen LogP contribution in [0.4, 0.5) is 0 Å². The van der Waals surface area contributed by atoms with Crippen LogP contribution in [0.1, 0.15) is 34.0 Å². The Kier molecular flexibility index (Phi) is 6.44. The van der Waals surface area contributed by atoms with E-state index >= 15 is 0 Å². The molecule has 1 aliphatic rings. The van der Waals surface area contributed by atoms with Crippen molar-refractivity contribution in [3.63, 3.8) is 0 Å². The number of carbonyl (C=O) groups excluding carboxylic acids is 1. The third kappa shape index (κ3) is 4.40. The Balaban J connectivity index is 1.62. The summed E-state index contributed by atoms with van der Waals surface area (Å²) >= 11 is 8.49. The average molecular weight is 531 g/mol. The van der Waals surface area contributed by atoms with E-state index in [1.54, 1.807) is 0 Å². The fourth-order valence-electron chi connectivity index (χ4n) is 3.51. The van der Waals surface area contributed by atoms with Gasteiger partial charge >= 0.3 is 0 Å². The molecule has 0 fully saturated rings. The molecule has 152 valence electrons. The van der Waals surface area contributed by atoms with Gasteiger partial charge in [-0.25, -0.2) is 0 Å². The number of ketones is 1. The van der Waals surface area contributed by atoms with Crippen molar-refractivity contribution in [2.75, 3.05) is 6.61 Å². The van der Waals surface area contributed by atoms with Crippen LogP contribution in [0.3, 0.4) is 0 Å². The molecule has 3 aromatic rings. The van der Waals surface area contributed by atoms with Crippen LogP contribution in [0.2, 0.25) is 5.02 Å². The third-order valence-corrected chi connectivity index (χ3v) is 6.11. The van der Waals surface area contributed by atoms with Crippen molar-refractivity contribution in [3.05, 3.63) is 97.1 Å². The number of allylic oxidation sites excluding steroid dienone is 1. The first-order valence-corrected chi connectivity index (χ1v) is 11.2. The molecular formula is C25H20ClIO3. The summed E-state index contributed by atoms with van der Waals surface area (Å²) in [7, 11) is 0. The van der Waals surface area contributed by atoms with Crippen LogP contribution in [0.15, 0.2) is 66.2 Å². The number of rotatable bonds is 6. The lowest BCUT2D eigenvalue weighted by Crippen LogP contribution is -2.02. The number of fused-ring (bicyclic) bond motifs is 1. The number of benzene rings is 3. The normalized spacial score (nSPS) is 14.1. The Morgan fingerprint density at radius 1 is 1.07 bits per heavy atom. The Morgan fingerprint density at radius 3 is 2.60 bits per heavy atom. The molecule has 0 amide bonds. The van der Waals surface area contributed by atoms with Crippen LogP contribution in [-0.2, 0) is 13.0 Å². The second-order valence-corrected chi connectivity index (χ2v) is 8.55. The van der Waals surface area contributed by atoms with Gasteiger partial charge in [-0.15, -0.1) is 0 Å². The molecule has 0 bridgehead atoms. The van der Waals surface area contributed by atoms with E-state index in [9.17, 15) is 4.79 Å². The third-order valence-electron chi connectivity index (χ3n) is 4.94. The van der Waals surface area contributed by atoms with Crippen molar-refractivity contribution in [2.24, 2.45) is 0 Å². The molecule has 0 radical (unpaired) electrons. The number of hydrogen-bond donors (Lipinski definition) is 0. The van der Waals surface area contributed by atoms with E-state index < -0.39 is 0 Å². The van der Waals surface area contributed by atoms with Gasteiger partial charge in [-0.05, 0) is 64.9 Å². The minimum Gasteiger partial charge on any atom is -0.490 e. The van der Waals surface area contributed by atoms with Crippen molar-refractivity contribution in [3.8, 4) is 11.5 Å². The fraction of sp³-hybridized carbons (Fsp3) is 0.160. The zero-order valence-corrected chi connectivity index (χ0v) is 19.4. The molecule has 0 spiro atoms. The Morgan fingerprint density at radius 2 is 1.83 bits per heavy atom. The van der Waals surface area contributed by atoms with Crippen molar-refractivity contribution in [2.45, 2.75) is 20.0 Å². The van der Waals surface area contributed by atoms with E-state index in [2.05, 4.69) is 22.6 Å². The second-order valence-electron chi connectivity index (χ2n) is 6.98. The molecule has 0 aromatic heterocycles. The SMILES string of the molecule is CCOc1cc(/C=C2\Cc3ccccc3C2=O)cc(I)c1OCc1ccccc1Cl. The predicted octanol–water partition coefficient (Wildman–Crippen LogP) is 6.74. The monoisotopic (exact) mass is 530 g/mol. The van der Waals surface area contributed by atoms with Crippen LogP contribution in [0.5, 0.6) is 11.5 Å². The van der Waals surface area contributed by atoms with Crippen LogP contribution >= 0.6 is 34.2 Å². The number of hydrogen-bond acceptors (Lipinski definition) is 3. The molecule has 0 heterocycles. The maximum atomic E-state index is 12.7. The molecule has 3 nitrogen and oxygen atoms in total. The summed E-state index contributed by atoms with van der Waals surface area (Å²) in [6.07, 6.45) is 2.60. The van der Waals surface area contributed by atoms with Gasteiger partial charge in [-0.2, -0.15) is 0 Å². The highest BCUT2D eigenvalue weighted by molar-refractivity contribution is 14.1. The first-order valence-electron chi connectivity index (χ1n) is 9.72. The van der Waals surface area contributed by atoms with Crippen LogP contribution in [0.25, 0.3) is 6.08 Å². The molecule has 4 rings (SSSR count). The van der Waals surface area contributed by atoms with Crippen molar-refractivity contribution in [1.82, 2.24) is 0 Å². The van der Waals surface area contributed by atoms with Crippen molar-refractivity contribution >= 4 is 46.1 Å². The van der Waals surface area contributed by atoms with Gasteiger partial charge in [0.05, 0.1) is 10.2 Å². The highest BCUT2D eigenvalue weighted by Gasteiger charge is 2.24. The summed E-state index contributed by atoms with van der Waals surface area (Å²) in [5, 5.41) is 0.672. The predicted molar refractivity (Wildman–Crippen MR) is 129 cm³/mol. The molecule has 3 aromatic carbocycles. The Labute approximate surface area is 194 Å².